The maximum absolute atomic E-state index is 6.15. The van der Waals surface area contributed by atoms with E-state index in [2.05, 4.69) is 12.2 Å². The van der Waals surface area contributed by atoms with Gasteiger partial charge in [-0.2, -0.15) is 0 Å². The molecule has 0 saturated heterocycles. The number of hydrogen-bond acceptors (Lipinski definition) is 2. The fourth-order valence-electron chi connectivity index (χ4n) is 1.89. The molecule has 1 fully saturated rings. The molecule has 1 aromatic rings. The Labute approximate surface area is 117 Å². The monoisotopic (exact) mass is 289 g/mol. The van der Waals surface area contributed by atoms with Gasteiger partial charge in [0.05, 0.1) is 5.02 Å². The second-order valence-electron chi connectivity index (χ2n) is 4.39. The number of halogens is 2. The third-order valence-electron chi connectivity index (χ3n) is 2.97. The van der Waals surface area contributed by atoms with E-state index in [1.807, 2.05) is 18.2 Å². The van der Waals surface area contributed by atoms with Gasteiger partial charge < -0.3 is 5.32 Å². The van der Waals surface area contributed by atoms with Gasteiger partial charge in [0.15, 0.2) is 0 Å². The zero-order chi connectivity index (χ0) is 12.3. The summed E-state index contributed by atoms with van der Waals surface area (Å²) < 4.78 is 0. The van der Waals surface area contributed by atoms with Gasteiger partial charge in [-0.3, -0.25) is 0 Å². The number of thioether (sulfide) groups is 1. The van der Waals surface area contributed by atoms with Crippen LogP contribution in [0, 0.1) is 5.92 Å². The minimum absolute atomic E-state index is 0.611. The van der Waals surface area contributed by atoms with Gasteiger partial charge in [0, 0.05) is 21.7 Å². The molecule has 1 saturated carbocycles. The van der Waals surface area contributed by atoms with Crippen molar-refractivity contribution in [2.45, 2.75) is 30.7 Å². The van der Waals surface area contributed by atoms with Gasteiger partial charge in [-0.1, -0.05) is 30.1 Å². The Hall–Kier alpha value is 0.110. The molecule has 17 heavy (non-hydrogen) atoms. The van der Waals surface area contributed by atoms with Crippen molar-refractivity contribution in [1.29, 1.82) is 0 Å². The van der Waals surface area contributed by atoms with Crippen molar-refractivity contribution in [2.75, 3.05) is 12.3 Å². The standard InChI is InChI=1S/C13H17Cl2NS/c1-2-16-12(9-3-4-9)8-17-13-7-10(14)5-6-11(13)15/h5-7,9,12,16H,2-4,8H2,1H3. The van der Waals surface area contributed by atoms with Crippen molar-refractivity contribution in [2.24, 2.45) is 5.92 Å². The largest absolute Gasteiger partial charge is 0.313 e. The Balaban J connectivity index is 1.93. The predicted molar refractivity (Wildman–Crippen MR) is 77.4 cm³/mol. The first-order valence-corrected chi connectivity index (χ1v) is 7.76. The van der Waals surface area contributed by atoms with Crippen LogP contribution in [0.4, 0.5) is 0 Å². The number of benzene rings is 1. The Morgan fingerprint density at radius 1 is 1.41 bits per heavy atom. The summed E-state index contributed by atoms with van der Waals surface area (Å²) in [6, 6.07) is 6.26. The SMILES string of the molecule is CCNC(CSc1cc(Cl)ccc1Cl)C1CC1. The lowest BCUT2D eigenvalue weighted by atomic mass is 10.2. The summed E-state index contributed by atoms with van der Waals surface area (Å²) in [5.74, 6) is 1.93. The average Bonchev–Trinajstić information content (AvgIpc) is 3.12. The van der Waals surface area contributed by atoms with E-state index in [9.17, 15) is 0 Å². The molecular weight excluding hydrogens is 273 g/mol. The molecule has 1 unspecified atom stereocenters. The van der Waals surface area contributed by atoms with Crippen LogP contribution in [0.1, 0.15) is 19.8 Å². The van der Waals surface area contributed by atoms with Crippen molar-refractivity contribution < 1.29 is 0 Å². The number of nitrogens with one attached hydrogen (secondary N) is 1. The Morgan fingerprint density at radius 2 is 2.18 bits per heavy atom. The molecule has 1 aliphatic carbocycles. The van der Waals surface area contributed by atoms with Gasteiger partial charge in [-0.15, -0.1) is 11.8 Å². The summed E-state index contributed by atoms with van der Waals surface area (Å²) in [5.41, 5.74) is 0. The third kappa shape index (κ3) is 4.06. The van der Waals surface area contributed by atoms with E-state index in [0.29, 0.717) is 6.04 Å². The van der Waals surface area contributed by atoms with Crippen LogP contribution < -0.4 is 5.32 Å². The number of hydrogen-bond donors (Lipinski definition) is 1. The van der Waals surface area contributed by atoms with Crippen molar-refractivity contribution >= 4 is 35.0 Å². The van der Waals surface area contributed by atoms with E-state index in [4.69, 9.17) is 23.2 Å². The number of rotatable bonds is 6. The molecule has 4 heteroatoms. The minimum Gasteiger partial charge on any atom is -0.313 e. The van der Waals surface area contributed by atoms with Crippen molar-refractivity contribution in [3.8, 4) is 0 Å². The minimum atomic E-state index is 0.611. The zero-order valence-corrected chi connectivity index (χ0v) is 12.2. The van der Waals surface area contributed by atoms with E-state index < -0.39 is 0 Å². The zero-order valence-electron chi connectivity index (χ0n) is 9.88. The molecule has 0 radical (unpaired) electrons. The van der Waals surface area contributed by atoms with E-state index in [0.717, 1.165) is 33.2 Å². The van der Waals surface area contributed by atoms with Crippen LogP contribution in [0.5, 0.6) is 0 Å². The Bertz CT molecular complexity index is 380. The van der Waals surface area contributed by atoms with Gasteiger partial charge in [0.25, 0.3) is 0 Å². The molecule has 0 aromatic heterocycles. The first-order valence-electron chi connectivity index (χ1n) is 6.02. The molecule has 94 valence electrons. The molecule has 1 N–H and O–H groups in total. The highest BCUT2D eigenvalue weighted by Crippen LogP contribution is 2.37. The molecule has 0 heterocycles. The van der Waals surface area contributed by atoms with E-state index in [1.165, 1.54) is 12.8 Å². The molecule has 1 atom stereocenters. The highest BCUT2D eigenvalue weighted by molar-refractivity contribution is 7.99. The summed E-state index contributed by atoms with van der Waals surface area (Å²) in [4.78, 5) is 1.09. The summed E-state index contributed by atoms with van der Waals surface area (Å²) in [7, 11) is 0. The van der Waals surface area contributed by atoms with Gasteiger partial charge in [0.2, 0.25) is 0 Å². The molecule has 0 aliphatic heterocycles. The molecule has 0 bridgehead atoms. The normalized spacial score (nSPS) is 17.1. The summed E-state index contributed by atoms with van der Waals surface area (Å²) in [6.07, 6.45) is 2.73. The van der Waals surface area contributed by atoms with E-state index in [-0.39, 0.29) is 0 Å². The maximum Gasteiger partial charge on any atom is 0.0542 e. The molecule has 0 amide bonds. The highest BCUT2D eigenvalue weighted by Gasteiger charge is 2.30. The summed E-state index contributed by atoms with van der Waals surface area (Å²) >= 11 is 13.9. The molecule has 2 rings (SSSR count). The van der Waals surface area contributed by atoms with Gasteiger partial charge in [-0.25, -0.2) is 0 Å². The first-order chi connectivity index (χ1) is 8.20. The van der Waals surface area contributed by atoms with Crippen molar-refractivity contribution in [3.63, 3.8) is 0 Å². The molecule has 0 spiro atoms. The topological polar surface area (TPSA) is 12.0 Å². The summed E-state index contributed by atoms with van der Waals surface area (Å²) in [5, 5.41) is 5.10. The van der Waals surface area contributed by atoms with Crippen LogP contribution in [0.3, 0.4) is 0 Å². The summed E-state index contributed by atoms with van der Waals surface area (Å²) in [6.45, 7) is 3.19. The smallest absolute Gasteiger partial charge is 0.0542 e. The lowest BCUT2D eigenvalue weighted by Crippen LogP contribution is -2.33. The lowest BCUT2D eigenvalue weighted by Gasteiger charge is -2.17. The van der Waals surface area contributed by atoms with Gasteiger partial charge in [-0.05, 0) is 43.5 Å². The molecule has 1 aromatic carbocycles. The van der Waals surface area contributed by atoms with Crippen molar-refractivity contribution in [3.05, 3.63) is 28.2 Å². The van der Waals surface area contributed by atoms with Crippen LogP contribution >= 0.6 is 35.0 Å². The fraction of sp³-hybridized carbons (Fsp3) is 0.538. The average molecular weight is 290 g/mol. The van der Waals surface area contributed by atoms with Crippen LogP contribution in [0.2, 0.25) is 10.0 Å². The molecule has 1 aliphatic rings. The molecule has 1 nitrogen and oxygen atoms in total. The van der Waals surface area contributed by atoms with E-state index in [1.54, 1.807) is 11.8 Å². The van der Waals surface area contributed by atoms with Crippen LogP contribution in [-0.2, 0) is 0 Å². The van der Waals surface area contributed by atoms with Gasteiger partial charge in [0.1, 0.15) is 0 Å². The highest BCUT2D eigenvalue weighted by atomic mass is 35.5. The third-order valence-corrected chi connectivity index (χ3v) is 4.82. The first kappa shape index (κ1) is 13.5. The predicted octanol–water partition coefficient (Wildman–Crippen LogP) is 4.47. The van der Waals surface area contributed by atoms with Crippen LogP contribution in [-0.4, -0.2) is 18.3 Å². The maximum atomic E-state index is 6.15. The quantitative estimate of drug-likeness (QED) is 0.776. The van der Waals surface area contributed by atoms with E-state index >= 15 is 0 Å². The fourth-order valence-corrected chi connectivity index (χ4v) is 3.57. The Kier molecular flexibility index (Phi) is 5.04. The van der Waals surface area contributed by atoms with Crippen molar-refractivity contribution in [1.82, 2.24) is 5.32 Å². The van der Waals surface area contributed by atoms with Crippen LogP contribution in [0.25, 0.3) is 0 Å². The Morgan fingerprint density at radius 3 is 2.82 bits per heavy atom. The second kappa shape index (κ2) is 6.33. The van der Waals surface area contributed by atoms with Crippen LogP contribution in [0.15, 0.2) is 23.1 Å². The second-order valence-corrected chi connectivity index (χ2v) is 6.29. The molecular formula is C13H17Cl2NS. The van der Waals surface area contributed by atoms with Gasteiger partial charge >= 0.3 is 0 Å². The lowest BCUT2D eigenvalue weighted by molar-refractivity contribution is 0.519.